The largest absolute Gasteiger partial charge is 0.398 e. The van der Waals surface area contributed by atoms with E-state index in [0.717, 1.165) is 3.57 Å². The van der Waals surface area contributed by atoms with Crippen molar-refractivity contribution in [3.63, 3.8) is 0 Å². The Morgan fingerprint density at radius 2 is 2.12 bits per heavy atom. The number of rotatable bonds is 4. The Labute approximate surface area is 112 Å². The molecule has 1 rings (SSSR count). The number of nitrogen functional groups attached to an aromatic ring is 1. The number of halogens is 1. The third-order valence-corrected chi connectivity index (χ3v) is 3.56. The summed E-state index contributed by atoms with van der Waals surface area (Å²) in [5.41, 5.74) is 6.55. The Morgan fingerprint density at radius 1 is 1.47 bits per heavy atom. The van der Waals surface area contributed by atoms with Crippen LogP contribution in [0.5, 0.6) is 0 Å². The van der Waals surface area contributed by atoms with Gasteiger partial charge in [0.05, 0.1) is 5.75 Å². The first-order valence-electron chi connectivity index (χ1n) is 4.58. The van der Waals surface area contributed by atoms with Crippen LogP contribution in [0.4, 0.5) is 5.69 Å². The minimum atomic E-state index is -4.05. The van der Waals surface area contributed by atoms with E-state index in [2.05, 4.69) is 5.32 Å². The van der Waals surface area contributed by atoms with Crippen LogP contribution in [0.25, 0.3) is 0 Å². The van der Waals surface area contributed by atoms with Gasteiger partial charge in [-0.25, -0.2) is 0 Å². The first-order chi connectivity index (χ1) is 7.79. The molecule has 0 atom stereocenters. The number of nitrogens with one attached hydrogen (secondary N) is 1. The molecule has 0 fully saturated rings. The second kappa shape index (κ2) is 5.65. The van der Waals surface area contributed by atoms with Gasteiger partial charge in [-0.2, -0.15) is 8.42 Å². The van der Waals surface area contributed by atoms with Crippen molar-refractivity contribution in [1.29, 1.82) is 0 Å². The maximum atomic E-state index is 11.6. The second-order valence-electron chi connectivity index (χ2n) is 3.28. The summed E-state index contributed by atoms with van der Waals surface area (Å²) in [7, 11) is -4.05. The van der Waals surface area contributed by atoms with Crippen molar-refractivity contribution in [3.05, 3.63) is 27.3 Å². The molecule has 17 heavy (non-hydrogen) atoms. The predicted molar refractivity (Wildman–Crippen MR) is 72.3 cm³/mol. The Bertz CT molecular complexity index is 530. The lowest BCUT2D eigenvalue weighted by molar-refractivity contribution is 0.0956. The lowest BCUT2D eigenvalue weighted by Gasteiger charge is -2.05. The smallest absolute Gasteiger partial charge is 0.266 e. The first-order valence-corrected chi connectivity index (χ1v) is 7.27. The maximum Gasteiger partial charge on any atom is 0.266 e. The predicted octanol–water partition coefficient (Wildman–Crippen LogP) is 0.491. The fraction of sp³-hybridized carbons (Fsp3) is 0.222. The zero-order valence-corrected chi connectivity index (χ0v) is 11.7. The van der Waals surface area contributed by atoms with E-state index in [-0.39, 0.29) is 6.54 Å². The lowest BCUT2D eigenvalue weighted by Crippen LogP contribution is -2.28. The van der Waals surface area contributed by atoms with Crippen molar-refractivity contribution in [3.8, 4) is 0 Å². The summed E-state index contributed by atoms with van der Waals surface area (Å²) in [4.78, 5) is 11.6. The van der Waals surface area contributed by atoms with Crippen molar-refractivity contribution in [2.75, 3.05) is 18.0 Å². The first kappa shape index (κ1) is 14.2. The Balaban J connectivity index is 2.61. The van der Waals surface area contributed by atoms with Crippen LogP contribution in [0, 0.1) is 3.57 Å². The molecule has 0 unspecified atom stereocenters. The zero-order valence-electron chi connectivity index (χ0n) is 8.68. The molecule has 1 aromatic rings. The second-order valence-corrected chi connectivity index (χ2v) is 6.01. The van der Waals surface area contributed by atoms with Gasteiger partial charge >= 0.3 is 0 Å². The van der Waals surface area contributed by atoms with Crippen LogP contribution in [0.2, 0.25) is 0 Å². The molecule has 1 amide bonds. The minimum absolute atomic E-state index is 0.140. The van der Waals surface area contributed by atoms with Crippen molar-refractivity contribution < 1.29 is 17.8 Å². The van der Waals surface area contributed by atoms with Gasteiger partial charge in [0.2, 0.25) is 0 Å². The number of nitrogens with two attached hydrogens (primary N) is 1. The average Bonchev–Trinajstić information content (AvgIpc) is 2.20. The van der Waals surface area contributed by atoms with Crippen LogP contribution >= 0.6 is 22.6 Å². The van der Waals surface area contributed by atoms with Crippen LogP contribution in [0.15, 0.2) is 18.2 Å². The van der Waals surface area contributed by atoms with Crippen molar-refractivity contribution in [2.45, 2.75) is 0 Å². The minimum Gasteiger partial charge on any atom is -0.398 e. The Kier molecular flexibility index (Phi) is 4.71. The number of hydrogen-bond donors (Lipinski definition) is 3. The molecule has 1 aromatic carbocycles. The van der Waals surface area contributed by atoms with Crippen LogP contribution < -0.4 is 11.1 Å². The van der Waals surface area contributed by atoms with Crippen LogP contribution in [-0.2, 0) is 10.1 Å². The van der Waals surface area contributed by atoms with E-state index < -0.39 is 21.8 Å². The molecule has 0 spiro atoms. The normalized spacial score (nSPS) is 11.2. The average molecular weight is 370 g/mol. The fourth-order valence-electron chi connectivity index (χ4n) is 1.06. The van der Waals surface area contributed by atoms with E-state index in [9.17, 15) is 13.2 Å². The summed E-state index contributed by atoms with van der Waals surface area (Å²) in [6.45, 7) is -0.140. The Morgan fingerprint density at radius 3 is 2.65 bits per heavy atom. The number of amides is 1. The molecule has 6 nitrogen and oxygen atoms in total. The highest BCUT2D eigenvalue weighted by molar-refractivity contribution is 14.1. The summed E-state index contributed by atoms with van der Waals surface area (Å²) >= 11 is 1.99. The van der Waals surface area contributed by atoms with Crippen LogP contribution in [-0.4, -0.2) is 31.2 Å². The fourth-order valence-corrected chi connectivity index (χ4v) is 1.94. The molecule has 4 N–H and O–H groups in total. The van der Waals surface area contributed by atoms with E-state index >= 15 is 0 Å². The molecule has 0 aliphatic heterocycles. The highest BCUT2D eigenvalue weighted by Crippen LogP contribution is 2.16. The summed E-state index contributed by atoms with van der Waals surface area (Å²) in [6, 6.07) is 4.73. The van der Waals surface area contributed by atoms with Gasteiger partial charge in [0.25, 0.3) is 16.0 Å². The molecule has 0 saturated heterocycles. The SMILES string of the molecule is Nc1ccc(C(=O)NCCS(=O)(=O)O)cc1I. The maximum absolute atomic E-state index is 11.6. The van der Waals surface area contributed by atoms with E-state index in [1.54, 1.807) is 18.2 Å². The standard InChI is InChI=1S/C9H11IN2O4S/c10-7-5-6(1-2-8(7)11)9(13)12-3-4-17(14,15)16/h1-2,5H,3-4,11H2,(H,12,13)(H,14,15,16). The summed E-state index contributed by atoms with van der Waals surface area (Å²) < 4.78 is 30.1. The highest BCUT2D eigenvalue weighted by atomic mass is 127. The number of carbonyl (C=O) groups is 1. The molecule has 0 aromatic heterocycles. The summed E-state index contributed by atoms with van der Waals surface area (Å²) in [5, 5.41) is 2.38. The van der Waals surface area contributed by atoms with Gasteiger partial charge < -0.3 is 11.1 Å². The van der Waals surface area contributed by atoms with Gasteiger partial charge in [0, 0.05) is 21.4 Å². The van der Waals surface area contributed by atoms with E-state index in [0.29, 0.717) is 11.3 Å². The number of benzene rings is 1. The third kappa shape index (κ3) is 4.88. The molecule has 0 aliphatic carbocycles. The number of carbonyl (C=O) groups excluding carboxylic acids is 1. The molecule has 0 radical (unpaired) electrons. The topological polar surface area (TPSA) is 109 Å². The van der Waals surface area contributed by atoms with Crippen molar-refractivity contribution >= 4 is 44.3 Å². The molecule has 0 aliphatic rings. The van der Waals surface area contributed by atoms with Gasteiger partial charge in [-0.1, -0.05) is 0 Å². The van der Waals surface area contributed by atoms with Crippen LogP contribution in [0.1, 0.15) is 10.4 Å². The zero-order chi connectivity index (χ0) is 13.1. The molecule has 8 heteroatoms. The van der Waals surface area contributed by atoms with Gasteiger partial charge in [0.1, 0.15) is 0 Å². The Hall–Kier alpha value is -0.870. The van der Waals surface area contributed by atoms with Crippen LogP contribution in [0.3, 0.4) is 0 Å². The quantitative estimate of drug-likeness (QED) is 0.406. The molecular formula is C9H11IN2O4S. The van der Waals surface area contributed by atoms with Gasteiger partial charge in [-0.3, -0.25) is 9.35 Å². The molecule has 0 bridgehead atoms. The van der Waals surface area contributed by atoms with Crippen molar-refractivity contribution in [1.82, 2.24) is 5.32 Å². The number of anilines is 1. The van der Waals surface area contributed by atoms with Crippen molar-refractivity contribution in [2.24, 2.45) is 0 Å². The molecule has 0 heterocycles. The highest BCUT2D eigenvalue weighted by Gasteiger charge is 2.09. The van der Waals surface area contributed by atoms with Gasteiger partial charge in [0.15, 0.2) is 0 Å². The summed E-state index contributed by atoms with van der Waals surface area (Å²) in [5.74, 6) is -0.920. The van der Waals surface area contributed by atoms with E-state index in [1.807, 2.05) is 22.6 Å². The monoisotopic (exact) mass is 370 g/mol. The molecular weight excluding hydrogens is 359 g/mol. The third-order valence-electron chi connectivity index (χ3n) is 1.91. The summed E-state index contributed by atoms with van der Waals surface area (Å²) in [6.07, 6.45) is 0. The van der Waals surface area contributed by atoms with E-state index in [4.69, 9.17) is 10.3 Å². The number of hydrogen-bond acceptors (Lipinski definition) is 4. The van der Waals surface area contributed by atoms with Gasteiger partial charge in [-0.05, 0) is 40.8 Å². The molecule has 94 valence electrons. The lowest BCUT2D eigenvalue weighted by atomic mass is 10.2. The van der Waals surface area contributed by atoms with E-state index in [1.165, 1.54) is 0 Å². The molecule has 0 saturated carbocycles. The van der Waals surface area contributed by atoms with Gasteiger partial charge in [-0.15, -0.1) is 0 Å².